The Labute approximate surface area is 148 Å². The zero-order valence-corrected chi connectivity index (χ0v) is 14.6. The van der Waals surface area contributed by atoms with E-state index in [4.69, 9.17) is 0 Å². The van der Waals surface area contributed by atoms with Crippen molar-refractivity contribution in [2.45, 2.75) is 19.4 Å². The van der Waals surface area contributed by atoms with Crippen LogP contribution in [0.15, 0.2) is 48.8 Å². The number of piperazine rings is 1. The summed E-state index contributed by atoms with van der Waals surface area (Å²) in [5, 5.41) is 9.44. The molecule has 5 heteroatoms. The quantitative estimate of drug-likeness (QED) is 0.908. The lowest BCUT2D eigenvalue weighted by Crippen LogP contribution is -2.52. The van der Waals surface area contributed by atoms with E-state index in [-0.39, 0.29) is 18.6 Å². The van der Waals surface area contributed by atoms with Crippen LogP contribution in [0.4, 0.5) is 0 Å². The maximum atomic E-state index is 12.8. The SMILES string of the molecule is CCC(CO)N1CCN(C(=O)c2cncc(-c3ccccc3)c2)CC1. The predicted molar refractivity (Wildman–Crippen MR) is 98.3 cm³/mol. The van der Waals surface area contributed by atoms with Gasteiger partial charge in [0.1, 0.15) is 0 Å². The van der Waals surface area contributed by atoms with Crippen LogP contribution in [0.2, 0.25) is 0 Å². The van der Waals surface area contributed by atoms with Gasteiger partial charge in [0.05, 0.1) is 12.2 Å². The van der Waals surface area contributed by atoms with Gasteiger partial charge < -0.3 is 10.0 Å². The molecule has 0 radical (unpaired) electrons. The Hall–Kier alpha value is -2.24. The summed E-state index contributed by atoms with van der Waals surface area (Å²) in [6.45, 7) is 5.23. The molecule has 0 saturated carbocycles. The van der Waals surface area contributed by atoms with E-state index in [0.29, 0.717) is 18.7 Å². The highest BCUT2D eigenvalue weighted by Gasteiger charge is 2.25. The van der Waals surface area contributed by atoms with Crippen molar-refractivity contribution in [3.63, 3.8) is 0 Å². The molecule has 1 N–H and O–H groups in total. The van der Waals surface area contributed by atoms with Crippen molar-refractivity contribution in [2.75, 3.05) is 32.8 Å². The zero-order valence-electron chi connectivity index (χ0n) is 14.6. The molecule has 0 spiro atoms. The molecule has 2 aromatic rings. The monoisotopic (exact) mass is 339 g/mol. The van der Waals surface area contributed by atoms with E-state index in [1.165, 1.54) is 0 Å². The first-order chi connectivity index (χ1) is 12.2. The van der Waals surface area contributed by atoms with Crippen LogP contribution >= 0.6 is 0 Å². The minimum atomic E-state index is 0.0296. The average Bonchev–Trinajstić information content (AvgIpc) is 2.70. The molecule has 1 aromatic carbocycles. The van der Waals surface area contributed by atoms with Gasteiger partial charge in [0, 0.05) is 50.2 Å². The van der Waals surface area contributed by atoms with E-state index in [2.05, 4.69) is 16.8 Å². The normalized spacial score (nSPS) is 16.6. The van der Waals surface area contributed by atoms with Gasteiger partial charge in [0.25, 0.3) is 5.91 Å². The highest BCUT2D eigenvalue weighted by molar-refractivity contribution is 5.95. The summed E-state index contributed by atoms with van der Waals surface area (Å²) in [4.78, 5) is 21.2. The minimum Gasteiger partial charge on any atom is -0.395 e. The molecule has 1 atom stereocenters. The molecule has 0 bridgehead atoms. The molecule has 1 unspecified atom stereocenters. The molecule has 25 heavy (non-hydrogen) atoms. The standard InChI is InChI=1S/C20H25N3O2/c1-2-19(15-24)22-8-10-23(11-9-22)20(25)18-12-17(13-21-14-18)16-6-4-3-5-7-16/h3-7,12-14,19,24H,2,8-11,15H2,1H3. The smallest absolute Gasteiger partial charge is 0.255 e. The molecule has 1 fully saturated rings. The molecule has 1 aromatic heterocycles. The van der Waals surface area contributed by atoms with Crippen molar-refractivity contribution in [3.05, 3.63) is 54.4 Å². The Bertz CT molecular complexity index is 693. The van der Waals surface area contributed by atoms with Crippen LogP contribution in [0.3, 0.4) is 0 Å². The van der Waals surface area contributed by atoms with Crippen LogP contribution in [0.1, 0.15) is 23.7 Å². The topological polar surface area (TPSA) is 56.7 Å². The van der Waals surface area contributed by atoms with Crippen molar-refractivity contribution >= 4 is 5.91 Å². The van der Waals surface area contributed by atoms with E-state index in [1.54, 1.807) is 12.4 Å². The van der Waals surface area contributed by atoms with Crippen molar-refractivity contribution in [1.29, 1.82) is 0 Å². The number of carbonyl (C=O) groups is 1. The van der Waals surface area contributed by atoms with Crippen LogP contribution in [0.25, 0.3) is 11.1 Å². The van der Waals surface area contributed by atoms with E-state index in [9.17, 15) is 9.90 Å². The first kappa shape index (κ1) is 17.6. The Balaban J connectivity index is 1.68. The third-order valence-corrected chi connectivity index (χ3v) is 4.89. The van der Waals surface area contributed by atoms with Gasteiger partial charge in [0.15, 0.2) is 0 Å². The third kappa shape index (κ3) is 4.06. The Kier molecular flexibility index (Phi) is 5.79. The van der Waals surface area contributed by atoms with Gasteiger partial charge in [-0.25, -0.2) is 0 Å². The first-order valence-electron chi connectivity index (χ1n) is 8.87. The van der Waals surface area contributed by atoms with Crippen molar-refractivity contribution in [1.82, 2.24) is 14.8 Å². The maximum absolute atomic E-state index is 12.8. The van der Waals surface area contributed by atoms with Crippen molar-refractivity contribution < 1.29 is 9.90 Å². The minimum absolute atomic E-state index is 0.0296. The summed E-state index contributed by atoms with van der Waals surface area (Å²) >= 11 is 0. The van der Waals surface area contributed by atoms with Crippen LogP contribution in [-0.4, -0.2) is 64.6 Å². The molecule has 0 aliphatic carbocycles. The number of hydrogen-bond acceptors (Lipinski definition) is 4. The van der Waals surface area contributed by atoms with Gasteiger partial charge in [0.2, 0.25) is 0 Å². The van der Waals surface area contributed by atoms with Crippen LogP contribution < -0.4 is 0 Å². The first-order valence-corrected chi connectivity index (χ1v) is 8.87. The lowest BCUT2D eigenvalue weighted by molar-refractivity contribution is 0.0472. The number of amides is 1. The number of aliphatic hydroxyl groups is 1. The molecule has 3 rings (SSSR count). The van der Waals surface area contributed by atoms with Crippen molar-refractivity contribution in [3.8, 4) is 11.1 Å². The average molecular weight is 339 g/mol. The largest absolute Gasteiger partial charge is 0.395 e. The molecule has 2 heterocycles. The Morgan fingerprint density at radius 3 is 2.48 bits per heavy atom. The van der Waals surface area contributed by atoms with E-state index in [0.717, 1.165) is 30.6 Å². The van der Waals surface area contributed by atoms with E-state index < -0.39 is 0 Å². The van der Waals surface area contributed by atoms with Crippen LogP contribution in [0, 0.1) is 0 Å². The van der Waals surface area contributed by atoms with E-state index >= 15 is 0 Å². The molecule has 1 saturated heterocycles. The number of carbonyl (C=O) groups excluding carboxylic acids is 1. The third-order valence-electron chi connectivity index (χ3n) is 4.89. The predicted octanol–water partition coefficient (Wildman–Crippen LogP) is 2.28. The molecule has 5 nitrogen and oxygen atoms in total. The van der Waals surface area contributed by atoms with Crippen molar-refractivity contribution in [2.24, 2.45) is 0 Å². The van der Waals surface area contributed by atoms with Crippen LogP contribution in [0.5, 0.6) is 0 Å². The number of benzene rings is 1. The zero-order chi connectivity index (χ0) is 17.6. The molecule has 1 aliphatic rings. The fourth-order valence-electron chi connectivity index (χ4n) is 3.32. The number of aromatic nitrogens is 1. The number of nitrogens with zero attached hydrogens (tertiary/aromatic N) is 3. The maximum Gasteiger partial charge on any atom is 0.255 e. The number of rotatable bonds is 5. The number of pyridine rings is 1. The highest BCUT2D eigenvalue weighted by atomic mass is 16.3. The summed E-state index contributed by atoms with van der Waals surface area (Å²) in [5.74, 6) is 0.0296. The second-order valence-electron chi connectivity index (χ2n) is 6.40. The number of aliphatic hydroxyl groups excluding tert-OH is 1. The molecule has 132 valence electrons. The summed E-state index contributed by atoms with van der Waals surface area (Å²) < 4.78 is 0. The molecule has 1 aliphatic heterocycles. The van der Waals surface area contributed by atoms with Gasteiger partial charge in [-0.05, 0) is 18.1 Å². The highest BCUT2D eigenvalue weighted by Crippen LogP contribution is 2.20. The Morgan fingerprint density at radius 1 is 1.12 bits per heavy atom. The lowest BCUT2D eigenvalue weighted by atomic mass is 10.1. The van der Waals surface area contributed by atoms with Gasteiger partial charge in [-0.15, -0.1) is 0 Å². The molecular weight excluding hydrogens is 314 g/mol. The van der Waals surface area contributed by atoms with Gasteiger partial charge in [-0.3, -0.25) is 14.7 Å². The molecular formula is C20H25N3O2. The molecule has 1 amide bonds. The Morgan fingerprint density at radius 2 is 1.84 bits per heavy atom. The second kappa shape index (κ2) is 8.23. The van der Waals surface area contributed by atoms with Gasteiger partial charge in [-0.2, -0.15) is 0 Å². The van der Waals surface area contributed by atoms with Crippen LogP contribution in [-0.2, 0) is 0 Å². The fourth-order valence-corrected chi connectivity index (χ4v) is 3.32. The van der Waals surface area contributed by atoms with Gasteiger partial charge >= 0.3 is 0 Å². The summed E-state index contributed by atoms with van der Waals surface area (Å²) in [7, 11) is 0. The fraction of sp³-hybridized carbons (Fsp3) is 0.400. The van der Waals surface area contributed by atoms with E-state index in [1.807, 2.05) is 41.3 Å². The summed E-state index contributed by atoms with van der Waals surface area (Å²) in [6.07, 6.45) is 4.36. The second-order valence-corrected chi connectivity index (χ2v) is 6.40. The van der Waals surface area contributed by atoms with Gasteiger partial charge in [-0.1, -0.05) is 37.3 Å². The summed E-state index contributed by atoms with van der Waals surface area (Å²) in [5.41, 5.74) is 2.64. The lowest BCUT2D eigenvalue weighted by Gasteiger charge is -2.38. The number of hydrogen-bond donors (Lipinski definition) is 1. The summed E-state index contributed by atoms with van der Waals surface area (Å²) in [6, 6.07) is 12.1.